The Bertz CT molecular complexity index is 832. The number of aliphatic hydroxyl groups excluding tert-OH is 1. The highest BCUT2D eigenvalue weighted by Crippen LogP contribution is 2.23. The van der Waals surface area contributed by atoms with Gasteiger partial charge in [-0.3, -0.25) is 9.59 Å². The number of carbonyl (C=O) groups excluding carboxylic acids is 1. The first-order valence-corrected chi connectivity index (χ1v) is 8.75. The third-order valence-corrected chi connectivity index (χ3v) is 4.70. The summed E-state index contributed by atoms with van der Waals surface area (Å²) in [6.45, 7) is 2.96. The molecule has 1 aliphatic heterocycles. The molecule has 138 valence electrons. The number of aryl methyl sites for hydroxylation is 1. The normalized spacial score (nSPS) is 20.2. The fourth-order valence-electron chi connectivity index (χ4n) is 3.35. The van der Waals surface area contributed by atoms with Crippen LogP contribution in [0.15, 0.2) is 53.5 Å². The SMILES string of the molecule is Cc1cccc(CC2(CO)CN(C(=O)Cn3ccccc3=O)CCO2)c1. The Hall–Kier alpha value is -2.44. The second-order valence-electron chi connectivity index (χ2n) is 6.84. The molecular weight excluding hydrogens is 332 g/mol. The smallest absolute Gasteiger partial charge is 0.250 e. The number of rotatable bonds is 5. The molecule has 0 radical (unpaired) electrons. The van der Waals surface area contributed by atoms with Crippen molar-refractivity contribution in [3.63, 3.8) is 0 Å². The number of aliphatic hydroxyl groups is 1. The lowest BCUT2D eigenvalue weighted by molar-refractivity contribution is -0.158. The average Bonchev–Trinajstić information content (AvgIpc) is 2.64. The van der Waals surface area contributed by atoms with Gasteiger partial charge in [0.2, 0.25) is 5.91 Å². The van der Waals surface area contributed by atoms with Crippen molar-refractivity contribution in [2.45, 2.75) is 25.5 Å². The number of benzene rings is 1. The van der Waals surface area contributed by atoms with Gasteiger partial charge in [0.1, 0.15) is 12.1 Å². The zero-order chi connectivity index (χ0) is 18.6. The van der Waals surface area contributed by atoms with Gasteiger partial charge >= 0.3 is 0 Å². The summed E-state index contributed by atoms with van der Waals surface area (Å²) in [5, 5.41) is 9.99. The van der Waals surface area contributed by atoms with Crippen molar-refractivity contribution in [1.82, 2.24) is 9.47 Å². The van der Waals surface area contributed by atoms with E-state index in [2.05, 4.69) is 6.07 Å². The molecule has 0 bridgehead atoms. The van der Waals surface area contributed by atoms with E-state index >= 15 is 0 Å². The Balaban J connectivity index is 1.73. The molecule has 0 saturated carbocycles. The van der Waals surface area contributed by atoms with Crippen LogP contribution in [0, 0.1) is 6.92 Å². The van der Waals surface area contributed by atoms with Crippen LogP contribution in [-0.2, 0) is 22.5 Å². The zero-order valence-electron chi connectivity index (χ0n) is 14.9. The van der Waals surface area contributed by atoms with Crippen molar-refractivity contribution < 1.29 is 14.6 Å². The van der Waals surface area contributed by atoms with Crippen molar-refractivity contribution in [2.24, 2.45) is 0 Å². The number of ether oxygens (including phenoxy) is 1. The summed E-state index contributed by atoms with van der Waals surface area (Å²) in [7, 11) is 0. The van der Waals surface area contributed by atoms with Gasteiger partial charge in [-0.25, -0.2) is 0 Å². The van der Waals surface area contributed by atoms with E-state index in [0.29, 0.717) is 26.1 Å². The lowest BCUT2D eigenvalue weighted by atomic mass is 9.92. The van der Waals surface area contributed by atoms with Gasteiger partial charge < -0.3 is 19.3 Å². The Kier molecular flexibility index (Phi) is 5.54. The summed E-state index contributed by atoms with van der Waals surface area (Å²) in [5.41, 5.74) is 1.18. The lowest BCUT2D eigenvalue weighted by Crippen LogP contribution is -2.57. The van der Waals surface area contributed by atoms with Crippen LogP contribution < -0.4 is 5.56 Å². The predicted octanol–water partition coefficient (Wildman–Crippen LogP) is 0.989. The summed E-state index contributed by atoms with van der Waals surface area (Å²) < 4.78 is 7.29. The molecule has 1 saturated heterocycles. The highest BCUT2D eigenvalue weighted by molar-refractivity contribution is 5.76. The minimum Gasteiger partial charge on any atom is -0.393 e. The van der Waals surface area contributed by atoms with E-state index in [9.17, 15) is 14.7 Å². The zero-order valence-corrected chi connectivity index (χ0v) is 14.9. The van der Waals surface area contributed by atoms with Crippen molar-refractivity contribution in [1.29, 1.82) is 0 Å². The lowest BCUT2D eigenvalue weighted by Gasteiger charge is -2.42. The monoisotopic (exact) mass is 356 g/mol. The molecule has 0 spiro atoms. The van der Waals surface area contributed by atoms with E-state index in [4.69, 9.17) is 4.74 Å². The number of amides is 1. The summed E-state index contributed by atoms with van der Waals surface area (Å²) >= 11 is 0. The molecule has 2 aromatic rings. The first kappa shape index (κ1) is 18.4. The van der Waals surface area contributed by atoms with Gasteiger partial charge in [-0.05, 0) is 18.6 Å². The standard InChI is InChI=1S/C20H24N2O4/c1-16-5-4-6-17(11-16)12-20(15-23)14-22(9-10-26-20)19(25)13-21-8-3-2-7-18(21)24/h2-8,11,23H,9-10,12-15H2,1H3. The first-order valence-electron chi connectivity index (χ1n) is 8.75. The van der Waals surface area contributed by atoms with Crippen molar-refractivity contribution >= 4 is 5.91 Å². The summed E-state index contributed by atoms with van der Waals surface area (Å²) in [6, 6.07) is 12.9. The van der Waals surface area contributed by atoms with Crippen LogP contribution in [-0.4, -0.2) is 52.4 Å². The second-order valence-corrected chi connectivity index (χ2v) is 6.84. The molecule has 1 unspecified atom stereocenters. The fourth-order valence-corrected chi connectivity index (χ4v) is 3.35. The van der Waals surface area contributed by atoms with Crippen LogP contribution in [0.3, 0.4) is 0 Å². The number of aromatic nitrogens is 1. The van der Waals surface area contributed by atoms with E-state index < -0.39 is 5.60 Å². The Morgan fingerprint density at radius 1 is 1.27 bits per heavy atom. The molecule has 0 aliphatic carbocycles. The van der Waals surface area contributed by atoms with E-state index in [1.54, 1.807) is 23.2 Å². The molecule has 1 fully saturated rings. The maximum atomic E-state index is 12.7. The quantitative estimate of drug-likeness (QED) is 0.867. The molecule has 1 aliphatic rings. The Morgan fingerprint density at radius 3 is 2.85 bits per heavy atom. The van der Waals surface area contributed by atoms with E-state index in [-0.39, 0.29) is 24.6 Å². The Morgan fingerprint density at radius 2 is 2.12 bits per heavy atom. The molecular formula is C20H24N2O4. The number of morpholine rings is 1. The molecule has 6 nitrogen and oxygen atoms in total. The molecule has 1 N–H and O–H groups in total. The molecule has 26 heavy (non-hydrogen) atoms. The third kappa shape index (κ3) is 4.20. The average molecular weight is 356 g/mol. The highest BCUT2D eigenvalue weighted by atomic mass is 16.5. The van der Waals surface area contributed by atoms with Crippen molar-refractivity contribution in [3.8, 4) is 0 Å². The number of nitrogens with zero attached hydrogens (tertiary/aromatic N) is 2. The van der Waals surface area contributed by atoms with Crippen LogP contribution >= 0.6 is 0 Å². The summed E-state index contributed by atoms with van der Waals surface area (Å²) in [6.07, 6.45) is 2.13. The molecule has 2 heterocycles. The largest absolute Gasteiger partial charge is 0.393 e. The van der Waals surface area contributed by atoms with E-state index in [0.717, 1.165) is 11.1 Å². The van der Waals surface area contributed by atoms with Crippen molar-refractivity contribution in [2.75, 3.05) is 26.3 Å². The fraction of sp³-hybridized carbons (Fsp3) is 0.400. The van der Waals surface area contributed by atoms with Gasteiger partial charge in [0.25, 0.3) is 5.56 Å². The Labute approximate surface area is 152 Å². The van der Waals surface area contributed by atoms with Crippen molar-refractivity contribution in [3.05, 3.63) is 70.1 Å². The predicted molar refractivity (Wildman–Crippen MR) is 97.9 cm³/mol. The minimum absolute atomic E-state index is 0.00831. The second kappa shape index (κ2) is 7.85. The molecule has 1 aromatic carbocycles. The summed E-state index contributed by atoms with van der Waals surface area (Å²) in [5.74, 6) is -0.149. The highest BCUT2D eigenvalue weighted by Gasteiger charge is 2.38. The van der Waals surface area contributed by atoms with Gasteiger partial charge in [-0.2, -0.15) is 0 Å². The molecule has 1 atom stereocenters. The van der Waals surface area contributed by atoms with Gasteiger partial charge in [-0.1, -0.05) is 35.9 Å². The number of hydrogen-bond acceptors (Lipinski definition) is 4. The third-order valence-electron chi connectivity index (χ3n) is 4.70. The van der Waals surface area contributed by atoms with E-state index in [1.807, 2.05) is 25.1 Å². The van der Waals surface area contributed by atoms with Crippen LogP contribution in [0.2, 0.25) is 0 Å². The van der Waals surface area contributed by atoms with E-state index in [1.165, 1.54) is 10.6 Å². The van der Waals surface area contributed by atoms with Gasteiger partial charge in [0.15, 0.2) is 0 Å². The number of hydrogen-bond donors (Lipinski definition) is 1. The molecule has 3 rings (SSSR count). The van der Waals surface area contributed by atoms with Crippen LogP contribution in [0.1, 0.15) is 11.1 Å². The number of carbonyl (C=O) groups is 1. The molecule has 1 amide bonds. The molecule has 6 heteroatoms. The first-order chi connectivity index (χ1) is 12.5. The minimum atomic E-state index is -0.816. The van der Waals surface area contributed by atoms with Crippen LogP contribution in [0.4, 0.5) is 0 Å². The molecule has 1 aromatic heterocycles. The maximum Gasteiger partial charge on any atom is 0.250 e. The summed E-state index contributed by atoms with van der Waals surface area (Å²) in [4.78, 5) is 26.2. The van der Waals surface area contributed by atoms with Gasteiger partial charge in [-0.15, -0.1) is 0 Å². The van der Waals surface area contributed by atoms with Crippen LogP contribution in [0.25, 0.3) is 0 Å². The van der Waals surface area contributed by atoms with Gasteiger partial charge in [0.05, 0.1) is 19.8 Å². The number of pyridine rings is 1. The maximum absolute atomic E-state index is 12.7. The van der Waals surface area contributed by atoms with Gasteiger partial charge in [0, 0.05) is 25.2 Å². The van der Waals surface area contributed by atoms with Crippen LogP contribution in [0.5, 0.6) is 0 Å². The topological polar surface area (TPSA) is 71.8 Å².